The summed E-state index contributed by atoms with van der Waals surface area (Å²) < 4.78 is 39.1. The van der Waals surface area contributed by atoms with Crippen LogP contribution in [-0.4, -0.2) is 22.8 Å². The van der Waals surface area contributed by atoms with Crippen LogP contribution in [0.25, 0.3) is 6.08 Å². The molecule has 1 fully saturated rings. The molecule has 0 aliphatic heterocycles. The number of amides is 2. The van der Waals surface area contributed by atoms with Gasteiger partial charge in [-0.25, -0.2) is 4.98 Å². The Hall–Kier alpha value is -2.68. The number of carbonyl (C=O) groups is 2. The minimum absolute atomic E-state index is 0.0808. The van der Waals surface area contributed by atoms with E-state index in [0.29, 0.717) is 5.69 Å². The Kier molecular flexibility index (Phi) is 6.91. The number of nitrogens with one attached hydrogen (secondary N) is 1. The van der Waals surface area contributed by atoms with Crippen LogP contribution in [0.4, 0.5) is 24.0 Å². The van der Waals surface area contributed by atoms with E-state index >= 15 is 0 Å². The Morgan fingerprint density at radius 2 is 1.97 bits per heavy atom. The van der Waals surface area contributed by atoms with Crippen LogP contribution in [-0.2, 0) is 15.8 Å². The molecule has 0 radical (unpaired) electrons. The molecule has 0 bridgehead atoms. The Morgan fingerprint density at radius 1 is 1.23 bits per heavy atom. The second-order valence-corrected chi connectivity index (χ2v) is 7.97. The molecule has 1 N–H and O–H groups in total. The van der Waals surface area contributed by atoms with Crippen LogP contribution in [0.3, 0.4) is 0 Å². The molecule has 1 aliphatic carbocycles. The third-order valence-corrected chi connectivity index (χ3v) is 5.65. The molecular formula is C21H22F3N3O2S. The fourth-order valence-corrected chi connectivity index (χ4v) is 4.22. The maximum Gasteiger partial charge on any atom is 0.416 e. The van der Waals surface area contributed by atoms with Crippen molar-refractivity contribution in [3.63, 3.8) is 0 Å². The minimum atomic E-state index is -4.51. The molecule has 0 saturated heterocycles. The van der Waals surface area contributed by atoms with Gasteiger partial charge in [-0.15, -0.1) is 11.3 Å². The molecule has 2 amide bonds. The van der Waals surface area contributed by atoms with Crippen LogP contribution < -0.4 is 10.2 Å². The number of hydrogen-bond acceptors (Lipinski definition) is 4. The fourth-order valence-electron chi connectivity index (χ4n) is 3.36. The lowest BCUT2D eigenvalue weighted by atomic mass is 9.95. The van der Waals surface area contributed by atoms with E-state index in [1.165, 1.54) is 37.6 Å². The van der Waals surface area contributed by atoms with Crippen molar-refractivity contribution >= 4 is 40.0 Å². The lowest BCUT2D eigenvalue weighted by Gasteiger charge is -2.21. The SMILES string of the molecule is CC(=O)N(c1cccc(C(F)(F)F)c1)c1nc(C=CC(=O)NC2CCCCC2)cs1. The molecule has 2 aromatic rings. The molecule has 1 aromatic carbocycles. The smallest absolute Gasteiger partial charge is 0.350 e. The number of aromatic nitrogens is 1. The van der Waals surface area contributed by atoms with Gasteiger partial charge in [-0.3, -0.25) is 14.5 Å². The molecule has 160 valence electrons. The maximum atomic E-state index is 13.0. The van der Waals surface area contributed by atoms with Gasteiger partial charge in [0.25, 0.3) is 0 Å². The molecule has 30 heavy (non-hydrogen) atoms. The zero-order valence-corrected chi connectivity index (χ0v) is 17.2. The van der Waals surface area contributed by atoms with Gasteiger partial charge in [0.1, 0.15) is 0 Å². The van der Waals surface area contributed by atoms with Crippen molar-refractivity contribution in [2.75, 3.05) is 4.90 Å². The quantitative estimate of drug-likeness (QED) is 0.645. The largest absolute Gasteiger partial charge is 0.416 e. The normalized spacial score (nSPS) is 15.3. The van der Waals surface area contributed by atoms with Crippen molar-refractivity contribution in [1.29, 1.82) is 0 Å². The molecular weight excluding hydrogens is 415 g/mol. The molecule has 0 spiro atoms. The topological polar surface area (TPSA) is 62.3 Å². The zero-order valence-electron chi connectivity index (χ0n) is 16.4. The molecule has 1 aromatic heterocycles. The van der Waals surface area contributed by atoms with Crippen LogP contribution in [0.15, 0.2) is 35.7 Å². The second kappa shape index (κ2) is 9.42. The van der Waals surface area contributed by atoms with E-state index in [1.54, 1.807) is 5.38 Å². The summed E-state index contributed by atoms with van der Waals surface area (Å²) in [5.41, 5.74) is -0.313. The molecule has 9 heteroatoms. The molecule has 1 heterocycles. The van der Waals surface area contributed by atoms with E-state index in [9.17, 15) is 22.8 Å². The van der Waals surface area contributed by atoms with Crippen molar-refractivity contribution in [2.45, 2.75) is 51.2 Å². The van der Waals surface area contributed by atoms with E-state index in [2.05, 4.69) is 10.3 Å². The summed E-state index contributed by atoms with van der Waals surface area (Å²) in [6.45, 7) is 1.26. The van der Waals surface area contributed by atoms with Gasteiger partial charge in [0.05, 0.1) is 16.9 Å². The summed E-state index contributed by atoms with van der Waals surface area (Å²) >= 11 is 1.11. The van der Waals surface area contributed by atoms with Gasteiger partial charge < -0.3 is 5.32 Å². The Bertz CT molecular complexity index is 934. The van der Waals surface area contributed by atoms with Crippen molar-refractivity contribution < 1.29 is 22.8 Å². The number of nitrogens with zero attached hydrogens (tertiary/aromatic N) is 2. The van der Waals surface area contributed by atoms with Crippen LogP contribution in [0.2, 0.25) is 0 Å². The highest BCUT2D eigenvalue weighted by molar-refractivity contribution is 7.14. The lowest BCUT2D eigenvalue weighted by molar-refractivity contribution is -0.137. The third kappa shape index (κ3) is 5.69. The van der Waals surface area contributed by atoms with Crippen LogP contribution in [0, 0.1) is 0 Å². The number of alkyl halides is 3. The first-order valence-corrected chi connectivity index (χ1v) is 10.5. The molecule has 0 atom stereocenters. The molecule has 5 nitrogen and oxygen atoms in total. The number of rotatable bonds is 5. The predicted molar refractivity (Wildman–Crippen MR) is 110 cm³/mol. The number of benzene rings is 1. The van der Waals surface area contributed by atoms with E-state index in [-0.39, 0.29) is 22.8 Å². The first-order chi connectivity index (χ1) is 14.2. The average molecular weight is 437 g/mol. The summed E-state index contributed by atoms with van der Waals surface area (Å²) in [5.74, 6) is -0.674. The predicted octanol–water partition coefficient (Wildman–Crippen LogP) is 5.31. The van der Waals surface area contributed by atoms with Crippen LogP contribution in [0.1, 0.15) is 50.3 Å². The van der Waals surface area contributed by atoms with Crippen molar-refractivity contribution in [3.8, 4) is 0 Å². The highest BCUT2D eigenvalue weighted by atomic mass is 32.1. The number of halogens is 3. The van der Waals surface area contributed by atoms with Gasteiger partial charge in [0, 0.05) is 24.4 Å². The number of carbonyl (C=O) groups excluding carboxylic acids is 2. The van der Waals surface area contributed by atoms with Gasteiger partial charge in [-0.1, -0.05) is 25.3 Å². The van der Waals surface area contributed by atoms with Crippen LogP contribution in [0.5, 0.6) is 0 Å². The summed E-state index contributed by atoms with van der Waals surface area (Å²) in [4.78, 5) is 29.6. The summed E-state index contributed by atoms with van der Waals surface area (Å²) in [6, 6.07) is 4.72. The van der Waals surface area contributed by atoms with Gasteiger partial charge >= 0.3 is 6.18 Å². The average Bonchev–Trinajstić information content (AvgIpc) is 3.15. The minimum Gasteiger partial charge on any atom is -0.350 e. The third-order valence-electron chi connectivity index (χ3n) is 4.80. The van der Waals surface area contributed by atoms with E-state index in [0.717, 1.165) is 54.1 Å². The van der Waals surface area contributed by atoms with Crippen LogP contribution >= 0.6 is 11.3 Å². The van der Waals surface area contributed by atoms with Crippen molar-refractivity contribution in [1.82, 2.24) is 10.3 Å². The summed E-state index contributed by atoms with van der Waals surface area (Å²) in [6.07, 6.45) is 3.78. The van der Waals surface area contributed by atoms with Gasteiger partial charge in [-0.05, 0) is 37.1 Å². The Morgan fingerprint density at radius 3 is 2.63 bits per heavy atom. The molecule has 1 saturated carbocycles. The van der Waals surface area contributed by atoms with Gasteiger partial charge in [0.2, 0.25) is 11.8 Å². The van der Waals surface area contributed by atoms with Crippen molar-refractivity contribution in [3.05, 3.63) is 47.0 Å². The van der Waals surface area contributed by atoms with Gasteiger partial charge in [-0.2, -0.15) is 13.2 Å². The highest BCUT2D eigenvalue weighted by Crippen LogP contribution is 2.35. The van der Waals surface area contributed by atoms with E-state index in [1.807, 2.05) is 0 Å². The molecule has 1 aliphatic rings. The first kappa shape index (κ1) is 22.0. The van der Waals surface area contributed by atoms with E-state index < -0.39 is 17.6 Å². The first-order valence-electron chi connectivity index (χ1n) is 9.66. The monoisotopic (exact) mass is 437 g/mol. The highest BCUT2D eigenvalue weighted by Gasteiger charge is 2.31. The Labute approximate surface area is 176 Å². The number of thiazole rings is 1. The lowest BCUT2D eigenvalue weighted by Crippen LogP contribution is -2.34. The maximum absolute atomic E-state index is 13.0. The molecule has 0 unspecified atom stereocenters. The summed E-state index contributed by atoms with van der Waals surface area (Å²) in [7, 11) is 0. The van der Waals surface area contributed by atoms with Crippen molar-refractivity contribution in [2.24, 2.45) is 0 Å². The fraction of sp³-hybridized carbons (Fsp3) is 0.381. The number of hydrogen-bond donors (Lipinski definition) is 1. The zero-order chi connectivity index (χ0) is 21.7. The number of anilines is 2. The van der Waals surface area contributed by atoms with E-state index in [4.69, 9.17) is 0 Å². The summed E-state index contributed by atoms with van der Waals surface area (Å²) in [5, 5.41) is 4.83. The second-order valence-electron chi connectivity index (χ2n) is 7.13. The Balaban J connectivity index is 1.74. The standard InChI is InChI=1S/C21H22F3N3O2S/c1-14(28)27(18-9-5-6-15(12-18)21(22,23)24)20-26-17(13-30-20)10-11-19(29)25-16-7-3-2-4-8-16/h5-6,9-13,16H,2-4,7-8H2,1H3,(H,25,29). The van der Waals surface area contributed by atoms with Gasteiger partial charge in [0.15, 0.2) is 5.13 Å². The molecule has 3 rings (SSSR count).